The van der Waals surface area contributed by atoms with Crippen LogP contribution in [0.1, 0.15) is 18.9 Å². The second-order valence-electron chi connectivity index (χ2n) is 7.38. The molecule has 0 bridgehead atoms. The van der Waals surface area contributed by atoms with E-state index in [1.165, 1.54) is 30.0 Å². The molecule has 4 aromatic rings. The molecule has 0 amide bonds. The Bertz CT molecular complexity index is 1270. The summed E-state index contributed by atoms with van der Waals surface area (Å²) in [7, 11) is 0. The molecule has 0 saturated heterocycles. The lowest BCUT2D eigenvalue weighted by atomic mass is 10.2. The number of rotatable bonds is 8. The van der Waals surface area contributed by atoms with Gasteiger partial charge in [0, 0.05) is 47.4 Å². The van der Waals surface area contributed by atoms with E-state index in [1.807, 2.05) is 29.0 Å². The first-order valence-electron chi connectivity index (χ1n) is 10.2. The number of fused-ring (bicyclic) bond motifs is 1. The Morgan fingerprint density at radius 2 is 1.78 bits per heavy atom. The fourth-order valence-corrected chi connectivity index (χ4v) is 4.65. The van der Waals surface area contributed by atoms with Crippen molar-refractivity contribution >= 4 is 34.0 Å². The van der Waals surface area contributed by atoms with Gasteiger partial charge in [-0.2, -0.15) is 0 Å². The summed E-state index contributed by atoms with van der Waals surface area (Å²) in [4.78, 5) is 12.4. The molecule has 4 rings (SSSR count). The molecule has 3 aromatic carbocycles. The second-order valence-corrected chi connectivity index (χ2v) is 8.47. The summed E-state index contributed by atoms with van der Waals surface area (Å²) < 4.78 is 29.4. The van der Waals surface area contributed by atoms with Crippen LogP contribution in [0, 0.1) is 21.7 Å². The van der Waals surface area contributed by atoms with Crippen LogP contribution in [-0.2, 0) is 6.54 Å². The minimum absolute atomic E-state index is 0.0341. The zero-order chi connectivity index (χ0) is 22.7. The lowest BCUT2D eigenvalue weighted by Gasteiger charge is -2.09. The molecular weight excluding hydrogens is 432 g/mol. The number of nitrogens with zero attached hydrogens (tertiary/aromatic N) is 2. The molecule has 1 heterocycles. The van der Waals surface area contributed by atoms with Crippen LogP contribution in [-0.4, -0.2) is 16.0 Å². The predicted octanol–water partition coefficient (Wildman–Crippen LogP) is 6.85. The Morgan fingerprint density at radius 1 is 1.03 bits per heavy atom. The zero-order valence-electron chi connectivity index (χ0n) is 17.3. The summed E-state index contributed by atoms with van der Waals surface area (Å²) in [6.07, 6.45) is 2.85. The highest BCUT2D eigenvalue weighted by Crippen LogP contribution is 2.40. The number of benzene rings is 3. The molecule has 1 N–H and O–H groups in total. The molecular formula is C24H21F2N3O2S. The SMILES string of the molecule is CCCNc1ccc2c(Sc3ccccc3[N+](=O)[O-])cn(Cc3cc(F)cc(F)c3)c2c1. The Kier molecular flexibility index (Phi) is 6.41. The quantitative estimate of drug-likeness (QED) is 0.234. The van der Waals surface area contributed by atoms with Crippen molar-refractivity contribution in [3.8, 4) is 0 Å². The minimum atomic E-state index is -0.628. The third-order valence-corrected chi connectivity index (χ3v) is 6.09. The van der Waals surface area contributed by atoms with E-state index in [-0.39, 0.29) is 12.2 Å². The van der Waals surface area contributed by atoms with E-state index in [4.69, 9.17) is 0 Å². The van der Waals surface area contributed by atoms with E-state index in [0.717, 1.165) is 40.5 Å². The van der Waals surface area contributed by atoms with Crippen LogP contribution in [0.25, 0.3) is 10.9 Å². The fraction of sp³-hybridized carbons (Fsp3) is 0.167. The van der Waals surface area contributed by atoms with Crippen molar-refractivity contribution < 1.29 is 13.7 Å². The molecule has 0 atom stereocenters. The predicted molar refractivity (Wildman–Crippen MR) is 123 cm³/mol. The first-order chi connectivity index (χ1) is 15.4. The number of aromatic nitrogens is 1. The third kappa shape index (κ3) is 4.75. The molecule has 0 radical (unpaired) electrons. The van der Waals surface area contributed by atoms with Gasteiger partial charge in [0.05, 0.1) is 15.3 Å². The van der Waals surface area contributed by atoms with Crippen molar-refractivity contribution in [2.24, 2.45) is 0 Å². The molecule has 0 fully saturated rings. The molecule has 0 spiro atoms. The highest BCUT2D eigenvalue weighted by molar-refractivity contribution is 7.99. The van der Waals surface area contributed by atoms with Gasteiger partial charge in [-0.15, -0.1) is 0 Å². The van der Waals surface area contributed by atoms with E-state index in [9.17, 15) is 18.9 Å². The molecule has 0 unspecified atom stereocenters. The second kappa shape index (κ2) is 9.40. The summed E-state index contributed by atoms with van der Waals surface area (Å²) in [6.45, 7) is 3.16. The Hall–Kier alpha value is -3.39. The Balaban J connectivity index is 1.78. The average molecular weight is 454 g/mol. The van der Waals surface area contributed by atoms with Crippen molar-refractivity contribution in [3.63, 3.8) is 0 Å². The van der Waals surface area contributed by atoms with Gasteiger partial charge >= 0.3 is 0 Å². The van der Waals surface area contributed by atoms with Crippen LogP contribution >= 0.6 is 11.8 Å². The van der Waals surface area contributed by atoms with Crippen molar-refractivity contribution in [2.75, 3.05) is 11.9 Å². The molecule has 0 aliphatic heterocycles. The van der Waals surface area contributed by atoms with Crippen LogP contribution in [0.2, 0.25) is 0 Å². The summed E-state index contributed by atoms with van der Waals surface area (Å²) in [5.41, 5.74) is 2.34. The number of halogens is 2. The Labute approximate surface area is 188 Å². The molecule has 164 valence electrons. The maximum atomic E-state index is 13.7. The average Bonchev–Trinajstić information content (AvgIpc) is 3.08. The van der Waals surface area contributed by atoms with Crippen molar-refractivity contribution in [1.29, 1.82) is 0 Å². The first kappa shape index (κ1) is 21.8. The molecule has 1 aromatic heterocycles. The highest BCUT2D eigenvalue weighted by Gasteiger charge is 2.17. The maximum Gasteiger partial charge on any atom is 0.283 e. The van der Waals surface area contributed by atoms with Gasteiger partial charge in [0.25, 0.3) is 5.69 Å². The molecule has 0 aliphatic carbocycles. The Morgan fingerprint density at radius 3 is 2.50 bits per heavy atom. The smallest absolute Gasteiger partial charge is 0.283 e. The van der Waals surface area contributed by atoms with E-state index in [2.05, 4.69) is 12.2 Å². The number of nitro benzene ring substituents is 1. The number of nitro groups is 1. The standard InChI is InChI=1S/C24H21F2N3O2S/c1-2-9-27-19-7-8-20-22(13-19)28(14-16-10-17(25)12-18(26)11-16)15-24(20)32-23-6-4-3-5-21(23)29(30)31/h3-8,10-13,15,27H,2,9,14H2,1H3. The topological polar surface area (TPSA) is 60.1 Å². The summed E-state index contributed by atoms with van der Waals surface area (Å²) in [5.74, 6) is -1.26. The highest BCUT2D eigenvalue weighted by atomic mass is 32.2. The van der Waals surface area contributed by atoms with Crippen LogP contribution in [0.4, 0.5) is 20.2 Å². The van der Waals surface area contributed by atoms with Crippen molar-refractivity contribution in [3.05, 3.63) is 94.2 Å². The molecule has 8 heteroatoms. The summed E-state index contributed by atoms with van der Waals surface area (Å²) in [5, 5.41) is 15.7. The third-order valence-electron chi connectivity index (χ3n) is 4.98. The van der Waals surface area contributed by atoms with Crippen LogP contribution in [0.5, 0.6) is 0 Å². The molecule has 5 nitrogen and oxygen atoms in total. The number of hydrogen-bond acceptors (Lipinski definition) is 4. The number of nitrogens with one attached hydrogen (secondary N) is 1. The van der Waals surface area contributed by atoms with Crippen LogP contribution < -0.4 is 5.32 Å². The number of anilines is 1. The summed E-state index contributed by atoms with van der Waals surface area (Å²) >= 11 is 1.30. The van der Waals surface area contributed by atoms with Gasteiger partial charge in [0.1, 0.15) is 11.6 Å². The van der Waals surface area contributed by atoms with Gasteiger partial charge < -0.3 is 9.88 Å². The van der Waals surface area contributed by atoms with E-state index < -0.39 is 16.6 Å². The van der Waals surface area contributed by atoms with Crippen molar-refractivity contribution in [1.82, 2.24) is 4.57 Å². The van der Waals surface area contributed by atoms with Gasteiger partial charge in [-0.05, 0) is 48.4 Å². The number of hydrogen-bond donors (Lipinski definition) is 1. The minimum Gasteiger partial charge on any atom is -0.385 e. The lowest BCUT2D eigenvalue weighted by Crippen LogP contribution is -2.01. The van der Waals surface area contributed by atoms with Crippen molar-refractivity contribution in [2.45, 2.75) is 29.7 Å². The summed E-state index contributed by atoms with van der Waals surface area (Å²) in [6, 6.07) is 16.0. The maximum absolute atomic E-state index is 13.7. The molecule has 0 aliphatic rings. The van der Waals surface area contributed by atoms with Crippen LogP contribution in [0.3, 0.4) is 0 Å². The first-order valence-corrected chi connectivity index (χ1v) is 11.0. The van der Waals surface area contributed by atoms with Crippen LogP contribution in [0.15, 0.2) is 76.7 Å². The molecule has 32 heavy (non-hydrogen) atoms. The zero-order valence-corrected chi connectivity index (χ0v) is 18.2. The van der Waals surface area contributed by atoms with E-state index >= 15 is 0 Å². The van der Waals surface area contributed by atoms with Gasteiger partial charge in [-0.1, -0.05) is 30.8 Å². The fourth-order valence-electron chi connectivity index (χ4n) is 3.56. The van der Waals surface area contributed by atoms with E-state index in [0.29, 0.717) is 10.5 Å². The van der Waals surface area contributed by atoms with Gasteiger partial charge in [-0.25, -0.2) is 8.78 Å². The van der Waals surface area contributed by atoms with Gasteiger partial charge in [0.2, 0.25) is 0 Å². The normalized spacial score (nSPS) is 11.1. The largest absolute Gasteiger partial charge is 0.385 e. The number of para-hydroxylation sites is 1. The lowest BCUT2D eigenvalue weighted by molar-refractivity contribution is -0.387. The van der Waals surface area contributed by atoms with Gasteiger partial charge in [0.15, 0.2) is 0 Å². The van der Waals surface area contributed by atoms with Gasteiger partial charge in [-0.3, -0.25) is 10.1 Å². The molecule has 0 saturated carbocycles. The monoisotopic (exact) mass is 453 g/mol. The van der Waals surface area contributed by atoms with E-state index in [1.54, 1.807) is 18.2 Å².